The molecular formula is C20H23N3O2S. The van der Waals surface area contributed by atoms with Gasteiger partial charge >= 0.3 is 0 Å². The monoisotopic (exact) mass is 369 g/mol. The van der Waals surface area contributed by atoms with Crippen LogP contribution in [0.1, 0.15) is 19.4 Å². The third kappa shape index (κ3) is 4.19. The highest BCUT2D eigenvalue weighted by molar-refractivity contribution is 7.98. The molecule has 0 N–H and O–H groups in total. The predicted molar refractivity (Wildman–Crippen MR) is 105 cm³/mol. The van der Waals surface area contributed by atoms with Gasteiger partial charge in [-0.1, -0.05) is 23.9 Å². The molecule has 0 saturated carbocycles. The minimum atomic E-state index is 0.662. The van der Waals surface area contributed by atoms with Gasteiger partial charge in [-0.15, -0.1) is 10.2 Å². The molecule has 2 aromatic carbocycles. The van der Waals surface area contributed by atoms with Crippen LogP contribution in [0, 0.1) is 0 Å². The molecule has 0 aliphatic rings. The highest BCUT2D eigenvalue weighted by atomic mass is 32.2. The van der Waals surface area contributed by atoms with Gasteiger partial charge in [-0.25, -0.2) is 0 Å². The van der Waals surface area contributed by atoms with E-state index in [-0.39, 0.29) is 0 Å². The van der Waals surface area contributed by atoms with Crippen molar-refractivity contribution in [3.05, 3.63) is 54.1 Å². The van der Waals surface area contributed by atoms with Crippen LogP contribution in [0.4, 0.5) is 0 Å². The van der Waals surface area contributed by atoms with Gasteiger partial charge in [0.25, 0.3) is 0 Å². The highest BCUT2D eigenvalue weighted by Crippen LogP contribution is 2.28. The van der Waals surface area contributed by atoms with Crippen LogP contribution in [0.3, 0.4) is 0 Å². The van der Waals surface area contributed by atoms with Crippen molar-refractivity contribution in [2.45, 2.75) is 31.3 Å². The van der Waals surface area contributed by atoms with E-state index in [0.717, 1.165) is 40.3 Å². The molecule has 5 nitrogen and oxygen atoms in total. The lowest BCUT2D eigenvalue weighted by Gasteiger charge is -2.09. The molecule has 26 heavy (non-hydrogen) atoms. The maximum atomic E-state index is 5.51. The minimum Gasteiger partial charge on any atom is -0.497 e. The summed E-state index contributed by atoms with van der Waals surface area (Å²) in [6.45, 7) is 5.57. The Bertz CT molecular complexity index is 847. The molecule has 0 saturated heterocycles. The molecular weight excluding hydrogens is 346 g/mol. The number of thioether (sulfide) groups is 1. The summed E-state index contributed by atoms with van der Waals surface area (Å²) >= 11 is 1.68. The van der Waals surface area contributed by atoms with Crippen LogP contribution in [-0.4, -0.2) is 28.5 Å². The number of aromatic nitrogens is 3. The van der Waals surface area contributed by atoms with Crippen LogP contribution in [0.25, 0.3) is 11.4 Å². The Balaban J connectivity index is 1.77. The molecule has 136 valence electrons. The number of ether oxygens (including phenoxy) is 2. The Labute approximate surface area is 158 Å². The summed E-state index contributed by atoms with van der Waals surface area (Å²) in [6.07, 6.45) is 0. The second-order valence-electron chi connectivity index (χ2n) is 5.65. The summed E-state index contributed by atoms with van der Waals surface area (Å²) in [5, 5.41) is 9.71. The standard InChI is InChI=1S/C20H23N3O2S/c1-4-23-19(16-9-11-17(12-10-16)25-5-2)21-22-20(23)26-14-15-7-6-8-18(13-15)24-3/h6-13H,4-5,14H2,1-3H3. The molecule has 0 spiro atoms. The van der Waals surface area contributed by atoms with Crippen molar-refractivity contribution < 1.29 is 9.47 Å². The van der Waals surface area contributed by atoms with E-state index in [4.69, 9.17) is 9.47 Å². The Morgan fingerprint density at radius 1 is 1.00 bits per heavy atom. The maximum Gasteiger partial charge on any atom is 0.191 e. The van der Waals surface area contributed by atoms with Crippen molar-refractivity contribution in [3.8, 4) is 22.9 Å². The first-order chi connectivity index (χ1) is 12.7. The van der Waals surface area contributed by atoms with Gasteiger partial charge in [0.05, 0.1) is 13.7 Å². The maximum absolute atomic E-state index is 5.51. The second kappa shape index (κ2) is 8.76. The van der Waals surface area contributed by atoms with E-state index in [1.54, 1.807) is 18.9 Å². The van der Waals surface area contributed by atoms with Crippen molar-refractivity contribution >= 4 is 11.8 Å². The molecule has 0 fully saturated rings. The zero-order chi connectivity index (χ0) is 18.4. The Morgan fingerprint density at radius 2 is 1.81 bits per heavy atom. The van der Waals surface area contributed by atoms with Crippen LogP contribution in [-0.2, 0) is 12.3 Å². The molecule has 1 aromatic heterocycles. The average Bonchev–Trinajstić information content (AvgIpc) is 3.10. The van der Waals surface area contributed by atoms with Crippen molar-refractivity contribution in [3.63, 3.8) is 0 Å². The van der Waals surface area contributed by atoms with Crippen LogP contribution in [0.5, 0.6) is 11.5 Å². The molecule has 0 bridgehead atoms. The fraction of sp³-hybridized carbons (Fsp3) is 0.300. The third-order valence-electron chi connectivity index (χ3n) is 3.96. The van der Waals surface area contributed by atoms with Gasteiger partial charge in [0, 0.05) is 17.9 Å². The van der Waals surface area contributed by atoms with E-state index in [1.807, 2.05) is 49.4 Å². The van der Waals surface area contributed by atoms with Gasteiger partial charge in [-0.05, 0) is 55.8 Å². The van der Waals surface area contributed by atoms with Crippen molar-refractivity contribution in [2.24, 2.45) is 0 Å². The molecule has 0 aliphatic carbocycles. The van der Waals surface area contributed by atoms with Crippen LogP contribution < -0.4 is 9.47 Å². The van der Waals surface area contributed by atoms with Crippen molar-refractivity contribution in [1.82, 2.24) is 14.8 Å². The normalized spacial score (nSPS) is 10.7. The van der Waals surface area contributed by atoms with E-state index in [0.29, 0.717) is 6.61 Å². The summed E-state index contributed by atoms with van der Waals surface area (Å²) < 4.78 is 12.9. The van der Waals surface area contributed by atoms with Crippen molar-refractivity contribution in [2.75, 3.05) is 13.7 Å². The topological polar surface area (TPSA) is 49.2 Å². The van der Waals surface area contributed by atoms with Gasteiger partial charge in [-0.2, -0.15) is 0 Å². The molecule has 0 unspecified atom stereocenters. The molecule has 3 rings (SSSR count). The van der Waals surface area contributed by atoms with Crippen LogP contribution >= 0.6 is 11.8 Å². The minimum absolute atomic E-state index is 0.662. The van der Waals surface area contributed by atoms with E-state index in [1.165, 1.54) is 5.56 Å². The first-order valence-electron chi connectivity index (χ1n) is 8.67. The summed E-state index contributed by atoms with van der Waals surface area (Å²) in [6, 6.07) is 16.1. The molecule has 6 heteroatoms. The summed E-state index contributed by atoms with van der Waals surface area (Å²) in [5.74, 6) is 3.43. The fourth-order valence-corrected chi connectivity index (χ4v) is 3.62. The Hall–Kier alpha value is -2.47. The molecule has 3 aromatic rings. The van der Waals surface area contributed by atoms with E-state index < -0.39 is 0 Å². The van der Waals surface area contributed by atoms with Gasteiger partial charge in [-0.3, -0.25) is 0 Å². The molecule has 0 atom stereocenters. The summed E-state index contributed by atoms with van der Waals surface area (Å²) in [5.41, 5.74) is 2.23. The summed E-state index contributed by atoms with van der Waals surface area (Å²) in [4.78, 5) is 0. The smallest absolute Gasteiger partial charge is 0.191 e. The molecule has 1 heterocycles. The number of rotatable bonds is 8. The van der Waals surface area contributed by atoms with Crippen LogP contribution in [0.15, 0.2) is 53.7 Å². The van der Waals surface area contributed by atoms with E-state index in [2.05, 4.69) is 27.8 Å². The first kappa shape index (κ1) is 18.3. The highest BCUT2D eigenvalue weighted by Gasteiger charge is 2.13. The van der Waals surface area contributed by atoms with Gasteiger partial charge < -0.3 is 14.0 Å². The Kier molecular flexibility index (Phi) is 6.17. The molecule has 0 radical (unpaired) electrons. The number of methoxy groups -OCH3 is 1. The lowest BCUT2D eigenvalue weighted by atomic mass is 10.2. The lowest BCUT2D eigenvalue weighted by molar-refractivity contribution is 0.340. The van der Waals surface area contributed by atoms with Gasteiger partial charge in [0.1, 0.15) is 11.5 Å². The van der Waals surface area contributed by atoms with Crippen LogP contribution in [0.2, 0.25) is 0 Å². The van der Waals surface area contributed by atoms with E-state index >= 15 is 0 Å². The lowest BCUT2D eigenvalue weighted by Crippen LogP contribution is -2.00. The summed E-state index contributed by atoms with van der Waals surface area (Å²) in [7, 11) is 1.68. The number of hydrogen-bond acceptors (Lipinski definition) is 5. The third-order valence-corrected chi connectivity index (χ3v) is 5.00. The fourth-order valence-electron chi connectivity index (χ4n) is 2.67. The molecule has 0 amide bonds. The van der Waals surface area contributed by atoms with E-state index in [9.17, 15) is 0 Å². The van der Waals surface area contributed by atoms with Gasteiger partial charge in [0.2, 0.25) is 0 Å². The SMILES string of the molecule is CCOc1ccc(-c2nnc(SCc3cccc(OC)c3)n2CC)cc1. The number of benzene rings is 2. The second-order valence-corrected chi connectivity index (χ2v) is 6.59. The first-order valence-corrected chi connectivity index (χ1v) is 9.65. The zero-order valence-electron chi connectivity index (χ0n) is 15.3. The number of nitrogens with zero attached hydrogens (tertiary/aromatic N) is 3. The quantitative estimate of drug-likeness (QED) is 0.540. The largest absolute Gasteiger partial charge is 0.497 e. The number of hydrogen-bond donors (Lipinski definition) is 0. The zero-order valence-corrected chi connectivity index (χ0v) is 16.1. The molecule has 0 aliphatic heterocycles. The van der Waals surface area contributed by atoms with Crippen molar-refractivity contribution in [1.29, 1.82) is 0 Å². The van der Waals surface area contributed by atoms with Gasteiger partial charge in [0.15, 0.2) is 11.0 Å². The average molecular weight is 369 g/mol. The Morgan fingerprint density at radius 3 is 2.50 bits per heavy atom. The predicted octanol–water partition coefficient (Wildman–Crippen LogP) is 4.66.